The summed E-state index contributed by atoms with van der Waals surface area (Å²) in [5.41, 5.74) is 1.45. The van der Waals surface area contributed by atoms with E-state index in [4.69, 9.17) is 23.2 Å². The van der Waals surface area contributed by atoms with E-state index in [0.717, 1.165) is 22.2 Å². The Hall–Kier alpha value is -1.38. The number of sulfonamides is 1. The third-order valence-corrected chi connectivity index (χ3v) is 6.84. The van der Waals surface area contributed by atoms with Gasteiger partial charge in [0.15, 0.2) is 0 Å². The lowest BCUT2D eigenvalue weighted by Gasteiger charge is -2.07. The summed E-state index contributed by atoms with van der Waals surface area (Å²) >= 11 is 13.6. The summed E-state index contributed by atoms with van der Waals surface area (Å²) in [6, 6.07) is 8.89. The number of carbonyl (C=O) groups excluding carboxylic acids is 1. The van der Waals surface area contributed by atoms with Crippen LogP contribution in [0.25, 0.3) is 10.2 Å². The maximum absolute atomic E-state index is 12.8. The number of thiophene rings is 1. The number of ketones is 1. The fourth-order valence-electron chi connectivity index (χ4n) is 2.87. The van der Waals surface area contributed by atoms with Gasteiger partial charge in [-0.25, -0.2) is 13.1 Å². The van der Waals surface area contributed by atoms with Crippen LogP contribution in [0.1, 0.15) is 27.3 Å². The van der Waals surface area contributed by atoms with E-state index < -0.39 is 10.0 Å². The summed E-state index contributed by atoms with van der Waals surface area (Å²) in [5.74, 6) is -0.161. The van der Waals surface area contributed by atoms with Gasteiger partial charge in [-0.05, 0) is 37.6 Å². The Morgan fingerprint density at radius 3 is 2.70 bits per heavy atom. The molecule has 0 aliphatic carbocycles. The smallest absolute Gasteiger partial charge is 0.208 e. The van der Waals surface area contributed by atoms with E-state index in [-0.39, 0.29) is 10.8 Å². The van der Waals surface area contributed by atoms with Crippen molar-refractivity contribution in [3.8, 4) is 0 Å². The lowest BCUT2D eigenvalue weighted by Crippen LogP contribution is -2.23. The van der Waals surface area contributed by atoms with Gasteiger partial charge in [-0.1, -0.05) is 29.3 Å². The van der Waals surface area contributed by atoms with E-state index in [9.17, 15) is 13.2 Å². The molecular weight excluding hydrogens is 427 g/mol. The van der Waals surface area contributed by atoms with Crippen LogP contribution in [0, 0.1) is 6.92 Å². The standard InChI is InChI=1S/C18H18Cl2N2O3S2/c1-11-9-12-10-15(17(23)13-5-3-6-14(19)16(13)20)26-18(12)22(11)8-4-7-21-27(2,24)25/h3,5-6,9-10,21H,4,7-8H2,1-2H3. The second-order valence-corrected chi connectivity index (χ2v) is 9.91. The molecule has 3 rings (SSSR count). The molecule has 0 saturated heterocycles. The van der Waals surface area contributed by atoms with Crippen LogP contribution in [-0.4, -0.2) is 31.6 Å². The maximum Gasteiger partial charge on any atom is 0.208 e. The fraction of sp³-hybridized carbons (Fsp3) is 0.278. The van der Waals surface area contributed by atoms with Gasteiger partial charge in [0.1, 0.15) is 4.83 Å². The van der Waals surface area contributed by atoms with Crippen molar-refractivity contribution in [2.45, 2.75) is 19.9 Å². The highest BCUT2D eigenvalue weighted by Gasteiger charge is 2.19. The molecule has 3 aromatic rings. The lowest BCUT2D eigenvalue weighted by molar-refractivity contribution is 0.104. The minimum absolute atomic E-state index is 0.161. The van der Waals surface area contributed by atoms with E-state index in [0.29, 0.717) is 35.0 Å². The number of benzene rings is 1. The molecule has 0 radical (unpaired) electrons. The first-order valence-corrected chi connectivity index (χ1v) is 11.7. The number of nitrogens with zero attached hydrogens (tertiary/aromatic N) is 1. The molecular formula is C18H18Cl2N2O3S2. The van der Waals surface area contributed by atoms with Gasteiger partial charge in [0.25, 0.3) is 0 Å². The first-order valence-electron chi connectivity index (χ1n) is 8.20. The van der Waals surface area contributed by atoms with Gasteiger partial charge in [-0.15, -0.1) is 11.3 Å². The molecule has 0 bridgehead atoms. The van der Waals surface area contributed by atoms with Crippen LogP contribution in [0.3, 0.4) is 0 Å². The highest BCUT2D eigenvalue weighted by Crippen LogP contribution is 2.33. The Morgan fingerprint density at radius 1 is 1.26 bits per heavy atom. The van der Waals surface area contributed by atoms with Crippen molar-refractivity contribution in [3.63, 3.8) is 0 Å². The SMILES string of the molecule is Cc1cc2cc(C(=O)c3cccc(Cl)c3Cl)sc2n1CCCNS(C)(=O)=O. The topological polar surface area (TPSA) is 68.2 Å². The Morgan fingerprint density at radius 2 is 2.00 bits per heavy atom. The van der Waals surface area contributed by atoms with Crippen LogP contribution in [-0.2, 0) is 16.6 Å². The number of fused-ring (bicyclic) bond motifs is 1. The predicted molar refractivity (Wildman–Crippen MR) is 112 cm³/mol. The summed E-state index contributed by atoms with van der Waals surface area (Å²) in [6.07, 6.45) is 1.79. The number of hydrogen-bond acceptors (Lipinski definition) is 4. The van der Waals surface area contributed by atoms with Gasteiger partial charge in [0.2, 0.25) is 15.8 Å². The van der Waals surface area contributed by atoms with E-state index in [2.05, 4.69) is 9.29 Å². The number of rotatable bonds is 7. The van der Waals surface area contributed by atoms with Gasteiger partial charge in [-0.2, -0.15) is 0 Å². The Balaban J connectivity index is 1.84. The average Bonchev–Trinajstić information content (AvgIpc) is 3.10. The maximum atomic E-state index is 12.8. The quantitative estimate of drug-likeness (QED) is 0.431. The summed E-state index contributed by atoms with van der Waals surface area (Å²) < 4.78 is 26.9. The summed E-state index contributed by atoms with van der Waals surface area (Å²) in [6.45, 7) is 3.02. The van der Waals surface area contributed by atoms with Crippen molar-refractivity contribution in [2.24, 2.45) is 0 Å². The molecule has 9 heteroatoms. The van der Waals surface area contributed by atoms with E-state index in [1.165, 1.54) is 11.3 Å². The van der Waals surface area contributed by atoms with Crippen LogP contribution in [0.4, 0.5) is 0 Å². The van der Waals surface area contributed by atoms with Crippen LogP contribution in [0.2, 0.25) is 10.0 Å². The molecule has 2 heterocycles. The highest BCUT2D eigenvalue weighted by molar-refractivity contribution is 7.88. The fourth-order valence-corrected chi connectivity index (χ4v) is 4.95. The molecule has 0 aliphatic rings. The Labute approximate surface area is 171 Å². The van der Waals surface area contributed by atoms with Gasteiger partial charge in [0.05, 0.1) is 21.2 Å². The van der Waals surface area contributed by atoms with Crippen molar-refractivity contribution in [3.05, 3.63) is 56.5 Å². The lowest BCUT2D eigenvalue weighted by atomic mass is 10.1. The monoisotopic (exact) mass is 444 g/mol. The molecule has 0 spiro atoms. The molecule has 0 aliphatic heterocycles. The van der Waals surface area contributed by atoms with Gasteiger partial charge in [-0.3, -0.25) is 4.79 Å². The molecule has 1 aromatic carbocycles. The van der Waals surface area contributed by atoms with Crippen LogP contribution in [0.5, 0.6) is 0 Å². The van der Waals surface area contributed by atoms with Crippen molar-refractivity contribution < 1.29 is 13.2 Å². The van der Waals surface area contributed by atoms with Crippen LogP contribution in [0.15, 0.2) is 30.3 Å². The first kappa shape index (κ1) is 20.4. The predicted octanol–water partition coefficient (Wildman–Crippen LogP) is 4.49. The Bertz CT molecular complexity index is 1120. The number of nitrogens with one attached hydrogen (secondary N) is 1. The third kappa shape index (κ3) is 4.55. The van der Waals surface area contributed by atoms with Crippen LogP contribution < -0.4 is 4.72 Å². The van der Waals surface area contributed by atoms with Crippen molar-refractivity contribution >= 4 is 60.6 Å². The highest BCUT2D eigenvalue weighted by atomic mass is 35.5. The van der Waals surface area contributed by atoms with Crippen molar-refractivity contribution in [1.82, 2.24) is 9.29 Å². The zero-order chi connectivity index (χ0) is 19.8. The molecule has 0 atom stereocenters. The molecule has 1 N–H and O–H groups in total. The zero-order valence-corrected chi connectivity index (χ0v) is 17.9. The van der Waals surface area contributed by atoms with Gasteiger partial charge < -0.3 is 4.57 Å². The van der Waals surface area contributed by atoms with Crippen molar-refractivity contribution in [2.75, 3.05) is 12.8 Å². The molecule has 144 valence electrons. The molecule has 5 nitrogen and oxygen atoms in total. The minimum Gasteiger partial charge on any atom is -0.337 e. The van der Waals surface area contributed by atoms with E-state index in [1.807, 2.05) is 19.1 Å². The minimum atomic E-state index is -3.19. The summed E-state index contributed by atoms with van der Waals surface area (Å²) in [4.78, 5) is 14.4. The number of halogens is 2. The normalized spacial score (nSPS) is 12.0. The summed E-state index contributed by atoms with van der Waals surface area (Å²) in [5, 5.41) is 1.59. The second kappa shape index (κ2) is 7.93. The molecule has 0 amide bonds. The zero-order valence-electron chi connectivity index (χ0n) is 14.8. The number of aromatic nitrogens is 1. The third-order valence-electron chi connectivity index (χ3n) is 4.12. The average molecular weight is 445 g/mol. The van der Waals surface area contributed by atoms with Crippen LogP contribution >= 0.6 is 34.5 Å². The van der Waals surface area contributed by atoms with Gasteiger partial charge in [0, 0.05) is 29.7 Å². The number of hydrogen-bond donors (Lipinski definition) is 1. The largest absolute Gasteiger partial charge is 0.337 e. The molecule has 2 aromatic heterocycles. The molecule has 0 unspecified atom stereocenters. The van der Waals surface area contributed by atoms with Crippen molar-refractivity contribution in [1.29, 1.82) is 0 Å². The molecule has 27 heavy (non-hydrogen) atoms. The number of carbonyl (C=O) groups is 1. The summed E-state index contributed by atoms with van der Waals surface area (Å²) in [7, 11) is -3.19. The number of aryl methyl sites for hydroxylation is 2. The second-order valence-electron chi connectivity index (χ2n) is 6.26. The Kier molecular flexibility index (Phi) is 5.98. The van der Waals surface area contributed by atoms with E-state index in [1.54, 1.807) is 18.2 Å². The van der Waals surface area contributed by atoms with Gasteiger partial charge >= 0.3 is 0 Å². The molecule has 0 saturated carbocycles. The molecule has 0 fully saturated rings. The van der Waals surface area contributed by atoms with E-state index >= 15 is 0 Å². The first-order chi connectivity index (χ1) is 12.7.